The van der Waals surface area contributed by atoms with E-state index in [2.05, 4.69) is 0 Å². The van der Waals surface area contributed by atoms with Crippen LogP contribution in [0.15, 0.2) is 0 Å². The molecule has 0 rings (SSSR count). The predicted octanol–water partition coefficient (Wildman–Crippen LogP) is 6.00. The molecule has 0 aromatic carbocycles. The summed E-state index contributed by atoms with van der Waals surface area (Å²) in [6, 6.07) is 0. The summed E-state index contributed by atoms with van der Waals surface area (Å²) in [5.41, 5.74) is 0. The zero-order valence-electron chi connectivity index (χ0n) is 13.8. The van der Waals surface area contributed by atoms with Crippen LogP contribution < -0.4 is 0 Å². The van der Waals surface area contributed by atoms with E-state index in [0.717, 1.165) is 27.1 Å². The quantitative estimate of drug-likeness (QED) is 0.214. The van der Waals surface area contributed by atoms with Gasteiger partial charge in [0, 0.05) is 14.2 Å². The minimum absolute atomic E-state index is 0.116. The third-order valence-corrected chi connectivity index (χ3v) is 10.3. The van der Waals surface area contributed by atoms with Gasteiger partial charge in [0.2, 0.25) is 9.19 Å². The van der Waals surface area contributed by atoms with Crippen LogP contribution in [-0.2, 0) is 27.2 Å². The van der Waals surface area contributed by atoms with Crippen molar-refractivity contribution in [1.82, 2.24) is 0 Å². The average molecular weight is 434 g/mol. The number of hydrogen-bond donors (Lipinski definition) is 0. The predicted molar refractivity (Wildman–Crippen MR) is 95.0 cm³/mol. The van der Waals surface area contributed by atoms with E-state index >= 15 is 0 Å². The lowest BCUT2D eigenvalue weighted by molar-refractivity contribution is 0.191. The van der Waals surface area contributed by atoms with Gasteiger partial charge in [0.1, 0.15) is 0 Å². The van der Waals surface area contributed by atoms with E-state index in [0.29, 0.717) is 12.8 Å². The van der Waals surface area contributed by atoms with Crippen molar-refractivity contribution in [3.05, 3.63) is 0 Å². The highest BCUT2D eigenvalue weighted by Gasteiger charge is 2.60. The van der Waals surface area contributed by atoms with Gasteiger partial charge in [-0.05, 0) is 12.8 Å². The fourth-order valence-corrected chi connectivity index (χ4v) is 8.55. The Balaban J connectivity index is 5.70. The Kier molecular flexibility index (Phi) is 11.6. The van der Waals surface area contributed by atoms with E-state index in [9.17, 15) is 9.13 Å². The Bertz CT molecular complexity index is 408. The molecular weight excluding hydrogens is 408 g/mol. The molecule has 0 saturated carbocycles. The van der Waals surface area contributed by atoms with E-state index in [-0.39, 0.29) is 13.2 Å². The lowest BCUT2D eigenvalue weighted by Gasteiger charge is -2.34. The van der Waals surface area contributed by atoms with Crippen LogP contribution in [0, 0.1) is 0 Å². The monoisotopic (exact) mass is 432 g/mol. The van der Waals surface area contributed by atoms with Crippen LogP contribution in [0.3, 0.4) is 0 Å². The molecular formula is C12H25Cl3O6P2. The Labute approximate surface area is 153 Å². The second kappa shape index (κ2) is 11.0. The highest BCUT2D eigenvalue weighted by atomic mass is 35.6. The van der Waals surface area contributed by atoms with Crippen molar-refractivity contribution in [3.8, 4) is 0 Å². The Morgan fingerprint density at radius 2 is 1.26 bits per heavy atom. The number of alkyl halides is 3. The van der Waals surface area contributed by atoms with Gasteiger partial charge in [-0.1, -0.05) is 61.5 Å². The van der Waals surface area contributed by atoms with Gasteiger partial charge in [0.15, 0.2) is 0 Å². The average Bonchev–Trinajstić information content (AvgIpc) is 2.46. The molecule has 0 amide bonds. The molecule has 0 N–H and O–H groups in total. The number of halogens is 3. The van der Waals surface area contributed by atoms with Crippen LogP contribution in [0.25, 0.3) is 0 Å². The molecule has 0 spiro atoms. The van der Waals surface area contributed by atoms with E-state index in [1.54, 1.807) is 0 Å². The van der Waals surface area contributed by atoms with Gasteiger partial charge in [-0.2, -0.15) is 0 Å². The SMILES string of the molecule is CCCCOP(=O)(OCCCC)C(C(Cl)(Cl)Cl)P(=O)(OC)OC. The first-order chi connectivity index (χ1) is 10.6. The Hall–Kier alpha value is 1.17. The summed E-state index contributed by atoms with van der Waals surface area (Å²) in [5, 5.41) is -1.68. The van der Waals surface area contributed by atoms with E-state index < -0.39 is 24.4 Å². The van der Waals surface area contributed by atoms with Gasteiger partial charge < -0.3 is 18.1 Å². The molecule has 0 heterocycles. The number of unbranched alkanes of at least 4 members (excludes halogenated alkanes) is 2. The Morgan fingerprint density at radius 3 is 1.52 bits per heavy atom. The molecule has 0 aliphatic heterocycles. The number of rotatable bonds is 12. The molecule has 0 saturated heterocycles. The largest absolute Gasteiger partial charge is 0.350 e. The van der Waals surface area contributed by atoms with E-state index in [1.807, 2.05) is 13.8 Å². The van der Waals surface area contributed by atoms with Crippen LogP contribution in [0.1, 0.15) is 39.5 Å². The summed E-state index contributed by atoms with van der Waals surface area (Å²) in [7, 11) is -5.87. The molecule has 1 atom stereocenters. The topological polar surface area (TPSA) is 71.1 Å². The van der Waals surface area contributed by atoms with Crippen molar-refractivity contribution in [2.45, 2.75) is 48.7 Å². The maximum Gasteiger partial charge on any atom is 0.350 e. The molecule has 0 aromatic rings. The Morgan fingerprint density at radius 1 is 0.870 bits per heavy atom. The molecule has 0 aromatic heterocycles. The smallest absolute Gasteiger partial charge is 0.311 e. The first-order valence-electron chi connectivity index (χ1n) is 7.28. The van der Waals surface area contributed by atoms with Gasteiger partial charge in [-0.25, -0.2) is 0 Å². The lowest BCUT2D eigenvalue weighted by Crippen LogP contribution is -2.29. The first kappa shape index (κ1) is 24.2. The van der Waals surface area contributed by atoms with Crippen molar-refractivity contribution in [3.63, 3.8) is 0 Å². The molecule has 1 unspecified atom stereocenters. The van der Waals surface area contributed by atoms with Crippen LogP contribution in [0.4, 0.5) is 0 Å². The summed E-state index contributed by atoms with van der Waals surface area (Å²) >= 11 is 17.8. The van der Waals surface area contributed by atoms with Gasteiger partial charge in [-0.3, -0.25) is 9.13 Å². The van der Waals surface area contributed by atoms with Crippen molar-refractivity contribution in [2.75, 3.05) is 27.4 Å². The van der Waals surface area contributed by atoms with Gasteiger partial charge >= 0.3 is 15.2 Å². The van der Waals surface area contributed by atoms with Crippen LogP contribution >= 0.6 is 50.0 Å². The maximum atomic E-state index is 13.2. The lowest BCUT2D eigenvalue weighted by atomic mass is 10.4. The highest BCUT2D eigenvalue weighted by Crippen LogP contribution is 2.75. The third kappa shape index (κ3) is 7.52. The van der Waals surface area contributed by atoms with E-state index in [1.165, 1.54) is 0 Å². The highest BCUT2D eigenvalue weighted by molar-refractivity contribution is 7.73. The zero-order chi connectivity index (χ0) is 18.1. The molecule has 0 fully saturated rings. The minimum Gasteiger partial charge on any atom is -0.311 e. The fourth-order valence-electron chi connectivity index (χ4n) is 1.66. The van der Waals surface area contributed by atoms with Crippen LogP contribution in [0.2, 0.25) is 0 Å². The van der Waals surface area contributed by atoms with E-state index in [4.69, 9.17) is 52.9 Å². The summed E-state index contributed by atoms with van der Waals surface area (Å²) in [6.07, 6.45) is 2.86. The zero-order valence-corrected chi connectivity index (χ0v) is 17.9. The van der Waals surface area contributed by atoms with Crippen molar-refractivity contribution < 1.29 is 27.2 Å². The molecule has 0 aliphatic rings. The molecule has 0 radical (unpaired) electrons. The molecule has 0 bridgehead atoms. The fraction of sp³-hybridized carbons (Fsp3) is 1.00. The number of hydrogen-bond acceptors (Lipinski definition) is 6. The molecule has 6 nitrogen and oxygen atoms in total. The second-order valence-electron chi connectivity index (χ2n) is 4.73. The van der Waals surface area contributed by atoms with Crippen LogP contribution in [-0.4, -0.2) is 36.6 Å². The molecule has 140 valence electrons. The molecule has 11 heteroatoms. The third-order valence-electron chi connectivity index (χ3n) is 2.94. The van der Waals surface area contributed by atoms with Gasteiger partial charge in [0.05, 0.1) is 13.2 Å². The van der Waals surface area contributed by atoms with Crippen molar-refractivity contribution >= 4 is 50.0 Å². The second-order valence-corrected chi connectivity index (χ2v) is 11.9. The normalized spacial score (nSPS) is 14.9. The standard InChI is InChI=1S/C12H25Cl3O6P2/c1-5-7-9-20-23(17,21-10-8-6-2)11(12(13,14)15)22(16,18-3)19-4/h11H,5-10H2,1-4H3. The van der Waals surface area contributed by atoms with Crippen LogP contribution in [0.5, 0.6) is 0 Å². The first-order valence-corrected chi connectivity index (χ1v) is 11.6. The minimum atomic E-state index is -4.07. The molecule has 23 heavy (non-hydrogen) atoms. The summed E-state index contributed by atoms with van der Waals surface area (Å²) in [5.74, 6) is 0. The maximum absolute atomic E-state index is 13.2. The summed E-state index contributed by atoms with van der Waals surface area (Å²) in [4.78, 5) is 0. The van der Waals surface area contributed by atoms with Gasteiger partial charge in [-0.15, -0.1) is 0 Å². The van der Waals surface area contributed by atoms with Gasteiger partial charge in [0.25, 0.3) is 0 Å². The molecule has 0 aliphatic carbocycles. The van der Waals surface area contributed by atoms with Crippen molar-refractivity contribution in [1.29, 1.82) is 0 Å². The van der Waals surface area contributed by atoms with Crippen molar-refractivity contribution in [2.24, 2.45) is 0 Å². The summed E-state index contributed by atoms with van der Waals surface area (Å²) in [6.45, 7) is 4.11. The summed E-state index contributed by atoms with van der Waals surface area (Å²) < 4.78 is 44.4.